The minimum Gasteiger partial charge on any atom is -0.487 e. The molecule has 1 N–H and O–H groups in total. The summed E-state index contributed by atoms with van der Waals surface area (Å²) < 4.78 is 6.05. The van der Waals surface area contributed by atoms with E-state index in [9.17, 15) is 14.9 Å². The Morgan fingerprint density at radius 2 is 2.14 bits per heavy atom. The molecule has 0 saturated carbocycles. The Bertz CT molecular complexity index is 705. The number of carboxylic acid groups (broad SMARTS) is 1. The van der Waals surface area contributed by atoms with Crippen LogP contribution in [0.5, 0.6) is 5.75 Å². The number of benzene rings is 1. The molecule has 0 radical (unpaired) electrons. The molecule has 0 bridgehead atoms. The molecule has 0 amide bonds. The molecule has 0 spiro atoms. The number of nitro groups is 1. The van der Waals surface area contributed by atoms with Crippen LogP contribution in [0, 0.1) is 10.1 Å². The van der Waals surface area contributed by atoms with Crippen LogP contribution in [-0.4, -0.2) is 21.0 Å². The third-order valence-electron chi connectivity index (χ3n) is 2.56. The van der Waals surface area contributed by atoms with Gasteiger partial charge < -0.3 is 9.84 Å². The molecule has 0 aliphatic heterocycles. The second-order valence-corrected chi connectivity index (χ2v) is 4.87. The third-order valence-corrected chi connectivity index (χ3v) is 3.22. The summed E-state index contributed by atoms with van der Waals surface area (Å²) in [7, 11) is 0. The zero-order chi connectivity index (χ0) is 15.4. The Kier molecular flexibility index (Phi) is 4.49. The van der Waals surface area contributed by atoms with Gasteiger partial charge in [-0.05, 0) is 39.7 Å². The number of rotatable bonds is 5. The van der Waals surface area contributed by atoms with Crippen molar-refractivity contribution in [2.45, 2.75) is 6.61 Å². The number of aromatic carboxylic acids is 1. The molecule has 2 aromatic rings. The molecule has 0 unspecified atom stereocenters. The minimum atomic E-state index is -1.13. The first-order valence-electron chi connectivity index (χ1n) is 5.72. The van der Waals surface area contributed by atoms with Gasteiger partial charge in [-0.3, -0.25) is 10.1 Å². The van der Waals surface area contributed by atoms with Gasteiger partial charge >= 0.3 is 5.97 Å². The van der Waals surface area contributed by atoms with E-state index in [-0.39, 0.29) is 18.0 Å². The normalized spacial score (nSPS) is 10.1. The number of nitrogens with zero attached hydrogens (tertiary/aromatic N) is 2. The van der Waals surface area contributed by atoms with Crippen molar-refractivity contribution in [3.05, 3.63) is 62.4 Å². The van der Waals surface area contributed by atoms with Gasteiger partial charge in [0, 0.05) is 12.3 Å². The lowest BCUT2D eigenvalue weighted by Crippen LogP contribution is -2.03. The molecule has 0 aliphatic carbocycles. The van der Waals surface area contributed by atoms with Crippen LogP contribution < -0.4 is 4.74 Å². The van der Waals surface area contributed by atoms with Gasteiger partial charge in [0.15, 0.2) is 0 Å². The molecule has 0 fully saturated rings. The third kappa shape index (κ3) is 3.76. The fourth-order valence-corrected chi connectivity index (χ4v) is 1.92. The number of non-ortho nitro benzene ring substituents is 1. The molecule has 2 rings (SSSR count). The van der Waals surface area contributed by atoms with Crippen molar-refractivity contribution in [3.63, 3.8) is 0 Å². The predicted molar refractivity (Wildman–Crippen MR) is 76.3 cm³/mol. The van der Waals surface area contributed by atoms with E-state index in [1.807, 2.05) is 0 Å². The average Bonchev–Trinajstić information content (AvgIpc) is 2.46. The highest BCUT2D eigenvalue weighted by molar-refractivity contribution is 9.10. The molecular weight excluding hydrogens is 344 g/mol. The van der Waals surface area contributed by atoms with Gasteiger partial charge in [-0.15, -0.1) is 0 Å². The number of pyridine rings is 1. The zero-order valence-electron chi connectivity index (χ0n) is 10.5. The maximum Gasteiger partial charge on any atom is 0.354 e. The maximum atomic E-state index is 10.8. The standard InChI is InChI=1S/C13H9BrN2O5/c14-10-2-1-9(16(19)20)6-12(10)21-7-8-3-4-15-11(5-8)13(17)18/h1-6H,7H2,(H,17,18). The second kappa shape index (κ2) is 6.31. The van der Waals surface area contributed by atoms with Crippen molar-refractivity contribution in [2.24, 2.45) is 0 Å². The van der Waals surface area contributed by atoms with Crippen LogP contribution in [0.25, 0.3) is 0 Å². The van der Waals surface area contributed by atoms with Crippen molar-refractivity contribution in [3.8, 4) is 5.75 Å². The van der Waals surface area contributed by atoms with Crippen LogP contribution in [0.2, 0.25) is 0 Å². The van der Waals surface area contributed by atoms with Crippen LogP contribution in [0.3, 0.4) is 0 Å². The van der Waals surface area contributed by atoms with E-state index in [4.69, 9.17) is 9.84 Å². The summed E-state index contributed by atoms with van der Waals surface area (Å²) in [4.78, 5) is 24.7. The quantitative estimate of drug-likeness (QED) is 0.655. The number of carboxylic acids is 1. The van der Waals surface area contributed by atoms with Gasteiger partial charge in [0.2, 0.25) is 0 Å². The summed E-state index contributed by atoms with van der Waals surface area (Å²) in [5.41, 5.74) is 0.421. The molecule has 0 atom stereocenters. The lowest BCUT2D eigenvalue weighted by Gasteiger charge is -2.08. The molecule has 108 valence electrons. The number of hydrogen-bond donors (Lipinski definition) is 1. The summed E-state index contributed by atoms with van der Waals surface area (Å²) >= 11 is 3.24. The van der Waals surface area contributed by atoms with Gasteiger partial charge in [0.25, 0.3) is 5.69 Å². The topological polar surface area (TPSA) is 103 Å². The van der Waals surface area contributed by atoms with Crippen molar-refractivity contribution in [2.75, 3.05) is 0 Å². The first kappa shape index (κ1) is 14.9. The maximum absolute atomic E-state index is 10.8. The fourth-order valence-electron chi connectivity index (χ4n) is 1.56. The van der Waals surface area contributed by atoms with Crippen LogP contribution in [0.4, 0.5) is 5.69 Å². The average molecular weight is 353 g/mol. The van der Waals surface area contributed by atoms with Crippen LogP contribution in [0.1, 0.15) is 16.1 Å². The highest BCUT2D eigenvalue weighted by Crippen LogP contribution is 2.29. The summed E-state index contributed by atoms with van der Waals surface area (Å²) in [5.74, 6) is -0.828. The highest BCUT2D eigenvalue weighted by Gasteiger charge is 2.11. The van der Waals surface area contributed by atoms with E-state index >= 15 is 0 Å². The van der Waals surface area contributed by atoms with Gasteiger partial charge in [-0.2, -0.15) is 0 Å². The largest absolute Gasteiger partial charge is 0.487 e. The molecule has 7 nitrogen and oxygen atoms in total. The number of nitro benzene ring substituents is 1. The highest BCUT2D eigenvalue weighted by atomic mass is 79.9. The Hall–Kier alpha value is -2.48. The molecule has 1 aromatic heterocycles. The minimum absolute atomic E-state index is 0.0720. The van der Waals surface area contributed by atoms with Crippen LogP contribution >= 0.6 is 15.9 Å². The molecule has 0 aliphatic rings. The Balaban J connectivity index is 2.16. The number of ether oxygens (including phenoxy) is 1. The van der Waals surface area contributed by atoms with Crippen molar-refractivity contribution in [1.82, 2.24) is 4.98 Å². The SMILES string of the molecule is O=C(O)c1cc(COc2cc([N+](=O)[O-])ccc2Br)ccn1. The lowest BCUT2D eigenvalue weighted by molar-refractivity contribution is -0.385. The lowest BCUT2D eigenvalue weighted by atomic mass is 10.2. The van der Waals surface area contributed by atoms with Gasteiger partial charge in [-0.25, -0.2) is 9.78 Å². The van der Waals surface area contributed by atoms with Gasteiger partial charge in [0.05, 0.1) is 15.5 Å². The van der Waals surface area contributed by atoms with E-state index in [1.165, 1.54) is 30.5 Å². The van der Waals surface area contributed by atoms with E-state index in [2.05, 4.69) is 20.9 Å². The summed E-state index contributed by atoms with van der Waals surface area (Å²) in [6.07, 6.45) is 1.37. The van der Waals surface area contributed by atoms with E-state index < -0.39 is 10.9 Å². The molecule has 1 heterocycles. The van der Waals surface area contributed by atoms with Crippen LogP contribution in [-0.2, 0) is 6.61 Å². The molecule has 1 aromatic carbocycles. The zero-order valence-corrected chi connectivity index (χ0v) is 12.1. The number of halogens is 1. The smallest absolute Gasteiger partial charge is 0.354 e. The Morgan fingerprint density at radius 3 is 2.81 bits per heavy atom. The van der Waals surface area contributed by atoms with Gasteiger partial charge in [-0.1, -0.05) is 0 Å². The van der Waals surface area contributed by atoms with E-state index in [0.29, 0.717) is 15.8 Å². The summed E-state index contributed by atoms with van der Waals surface area (Å²) in [6.45, 7) is 0.0720. The predicted octanol–water partition coefficient (Wildman–Crippen LogP) is 3.03. The van der Waals surface area contributed by atoms with Crippen molar-refractivity contribution in [1.29, 1.82) is 0 Å². The molecular formula is C13H9BrN2O5. The Morgan fingerprint density at radius 1 is 1.38 bits per heavy atom. The number of hydrogen-bond acceptors (Lipinski definition) is 5. The Labute approximate surface area is 127 Å². The van der Waals surface area contributed by atoms with E-state index in [0.717, 1.165) is 0 Å². The van der Waals surface area contributed by atoms with Crippen molar-refractivity contribution >= 4 is 27.6 Å². The molecule has 21 heavy (non-hydrogen) atoms. The van der Waals surface area contributed by atoms with Crippen molar-refractivity contribution < 1.29 is 19.6 Å². The van der Waals surface area contributed by atoms with Gasteiger partial charge in [0.1, 0.15) is 18.1 Å². The number of aromatic nitrogens is 1. The summed E-state index contributed by atoms with van der Waals surface area (Å²) in [5, 5.41) is 19.6. The monoisotopic (exact) mass is 352 g/mol. The summed E-state index contributed by atoms with van der Waals surface area (Å²) in [6, 6.07) is 7.16. The second-order valence-electron chi connectivity index (χ2n) is 4.01. The first-order valence-corrected chi connectivity index (χ1v) is 6.51. The molecule has 8 heteroatoms. The number of carbonyl (C=O) groups is 1. The van der Waals surface area contributed by atoms with E-state index in [1.54, 1.807) is 6.07 Å². The molecule has 0 saturated heterocycles. The van der Waals surface area contributed by atoms with Crippen LogP contribution in [0.15, 0.2) is 41.0 Å². The fraction of sp³-hybridized carbons (Fsp3) is 0.0769. The first-order chi connectivity index (χ1) is 9.97.